The summed E-state index contributed by atoms with van der Waals surface area (Å²) in [7, 11) is 2.01. The second-order valence-electron chi connectivity index (χ2n) is 5.78. The molecule has 0 amide bonds. The first kappa shape index (κ1) is 16.3. The largest absolute Gasteiger partial charge is 0.378 e. The Balaban J connectivity index is 2.93. The van der Waals surface area contributed by atoms with Crippen molar-refractivity contribution in [1.82, 2.24) is 10.2 Å². The average molecular weight is 276 g/mol. The average Bonchev–Trinajstić information content (AvgIpc) is 2.62. The van der Waals surface area contributed by atoms with Crippen LogP contribution in [0.4, 0.5) is 4.39 Å². The first-order chi connectivity index (χ1) is 9.18. The Morgan fingerprint density at radius 3 is 2.35 bits per heavy atom. The van der Waals surface area contributed by atoms with Gasteiger partial charge in [-0.3, -0.25) is 0 Å². The van der Waals surface area contributed by atoms with Gasteiger partial charge in [0, 0.05) is 30.4 Å². The molecule has 0 bridgehead atoms. The Hall–Kier alpha value is -1.77. The molecule has 2 nitrogen and oxygen atoms in total. The third kappa shape index (κ3) is 3.41. The molecule has 1 N–H and O–H groups in total. The van der Waals surface area contributed by atoms with Crippen LogP contribution in [0.3, 0.4) is 0 Å². The van der Waals surface area contributed by atoms with Gasteiger partial charge in [-0.25, -0.2) is 4.39 Å². The number of halogens is 1. The number of hydrogen-bond acceptors (Lipinski definition) is 2. The molecular formula is C17H25FN2. The lowest BCUT2D eigenvalue weighted by atomic mass is 9.83. The van der Waals surface area contributed by atoms with Crippen molar-refractivity contribution in [3.8, 4) is 0 Å². The Labute approximate surface area is 122 Å². The van der Waals surface area contributed by atoms with E-state index in [1.54, 1.807) is 6.08 Å². The van der Waals surface area contributed by atoms with Crippen LogP contribution in [0, 0.1) is 5.41 Å². The zero-order valence-corrected chi connectivity index (χ0v) is 13.0. The molecule has 3 heteroatoms. The van der Waals surface area contributed by atoms with Crippen LogP contribution in [0.15, 0.2) is 60.4 Å². The van der Waals surface area contributed by atoms with Gasteiger partial charge in [0.15, 0.2) is 0 Å². The van der Waals surface area contributed by atoms with Gasteiger partial charge in [-0.2, -0.15) is 0 Å². The van der Waals surface area contributed by atoms with Gasteiger partial charge in [-0.1, -0.05) is 31.4 Å². The van der Waals surface area contributed by atoms with Crippen molar-refractivity contribution in [3.63, 3.8) is 0 Å². The molecule has 1 aliphatic heterocycles. The van der Waals surface area contributed by atoms with Crippen LogP contribution in [0.2, 0.25) is 0 Å². The summed E-state index contributed by atoms with van der Waals surface area (Å²) < 4.78 is 13.5. The first-order valence-corrected chi connectivity index (χ1v) is 6.75. The van der Waals surface area contributed by atoms with Gasteiger partial charge in [0.05, 0.1) is 5.70 Å². The van der Waals surface area contributed by atoms with E-state index in [0.29, 0.717) is 5.70 Å². The summed E-state index contributed by atoms with van der Waals surface area (Å²) in [6.45, 7) is 18.5. The quantitative estimate of drug-likeness (QED) is 0.754. The molecule has 0 aliphatic carbocycles. The summed E-state index contributed by atoms with van der Waals surface area (Å²) in [4.78, 5) is 2.11. The van der Waals surface area contributed by atoms with Crippen molar-refractivity contribution < 1.29 is 4.39 Å². The van der Waals surface area contributed by atoms with Crippen molar-refractivity contribution in [1.29, 1.82) is 0 Å². The molecule has 0 radical (unpaired) electrons. The molecular weight excluding hydrogens is 251 g/mol. The molecule has 1 atom stereocenters. The normalized spacial score (nSPS) is 22.8. The van der Waals surface area contributed by atoms with Gasteiger partial charge in [-0.05, 0) is 33.3 Å². The second kappa shape index (κ2) is 6.12. The fourth-order valence-corrected chi connectivity index (χ4v) is 2.17. The standard InChI is InChI=1S/C17H25FN2/c1-12(2)8-9-16(13(3)18)19-14(4)17(6)10-11-20(7)15(17)5/h8-9,19H,3-5,10-11H2,1-2,6-7H3/b16-9+. The van der Waals surface area contributed by atoms with Crippen LogP contribution in [0.5, 0.6) is 0 Å². The SMILES string of the molecule is C=C(F)/C(=C\C=C(C)C)NC(=C)C1(C)CCN(C)C1=C. The van der Waals surface area contributed by atoms with Crippen LogP contribution in [0.25, 0.3) is 0 Å². The van der Waals surface area contributed by atoms with Crippen LogP contribution in [-0.4, -0.2) is 18.5 Å². The molecule has 0 aromatic carbocycles. The van der Waals surface area contributed by atoms with Crippen molar-refractivity contribution in [3.05, 3.63) is 60.4 Å². The summed E-state index contributed by atoms with van der Waals surface area (Å²) >= 11 is 0. The number of allylic oxidation sites excluding steroid dienone is 4. The van der Waals surface area contributed by atoms with Crippen molar-refractivity contribution >= 4 is 0 Å². The minimum absolute atomic E-state index is 0.256. The third-order valence-corrected chi connectivity index (χ3v) is 3.87. The zero-order chi connectivity index (χ0) is 15.5. The highest BCUT2D eigenvalue weighted by molar-refractivity contribution is 5.34. The van der Waals surface area contributed by atoms with Gasteiger partial charge in [0.25, 0.3) is 0 Å². The van der Waals surface area contributed by atoms with E-state index in [1.807, 2.05) is 27.0 Å². The summed E-state index contributed by atoms with van der Waals surface area (Å²) in [5.41, 5.74) is 2.93. The van der Waals surface area contributed by atoms with E-state index in [2.05, 4.69) is 36.9 Å². The van der Waals surface area contributed by atoms with Crippen LogP contribution < -0.4 is 5.32 Å². The monoisotopic (exact) mass is 276 g/mol. The Bertz CT molecular complexity index is 495. The summed E-state index contributed by atoms with van der Waals surface area (Å²) in [5, 5.41) is 3.07. The minimum Gasteiger partial charge on any atom is -0.378 e. The molecule has 110 valence electrons. The van der Waals surface area contributed by atoms with E-state index in [-0.39, 0.29) is 5.41 Å². The van der Waals surface area contributed by atoms with Crippen LogP contribution in [-0.2, 0) is 0 Å². The molecule has 1 unspecified atom stereocenters. The Kier molecular flexibility index (Phi) is 4.98. The van der Waals surface area contributed by atoms with E-state index in [4.69, 9.17) is 0 Å². The second-order valence-corrected chi connectivity index (χ2v) is 5.78. The molecule has 20 heavy (non-hydrogen) atoms. The van der Waals surface area contributed by atoms with E-state index >= 15 is 0 Å². The summed E-state index contributed by atoms with van der Waals surface area (Å²) in [6, 6.07) is 0. The van der Waals surface area contributed by atoms with Crippen LogP contribution in [0.1, 0.15) is 27.2 Å². The maximum Gasteiger partial charge on any atom is 0.139 e. The van der Waals surface area contributed by atoms with E-state index in [0.717, 1.165) is 29.9 Å². The lowest BCUT2D eigenvalue weighted by Gasteiger charge is -2.30. The highest BCUT2D eigenvalue weighted by Crippen LogP contribution is 2.42. The van der Waals surface area contributed by atoms with Crippen molar-refractivity contribution in [2.45, 2.75) is 27.2 Å². The summed E-state index contributed by atoms with van der Waals surface area (Å²) in [5.74, 6) is -0.496. The van der Waals surface area contributed by atoms with Crippen LogP contribution >= 0.6 is 0 Å². The summed E-state index contributed by atoms with van der Waals surface area (Å²) in [6.07, 6.45) is 4.45. The van der Waals surface area contributed by atoms with Gasteiger partial charge >= 0.3 is 0 Å². The smallest absolute Gasteiger partial charge is 0.139 e. The zero-order valence-electron chi connectivity index (χ0n) is 13.0. The van der Waals surface area contributed by atoms with E-state index in [9.17, 15) is 4.39 Å². The maximum atomic E-state index is 13.5. The lowest BCUT2D eigenvalue weighted by molar-refractivity contribution is 0.441. The lowest BCUT2D eigenvalue weighted by Crippen LogP contribution is -2.29. The molecule has 1 aliphatic rings. The molecule has 1 heterocycles. The van der Waals surface area contributed by atoms with Gasteiger partial charge in [0.1, 0.15) is 5.83 Å². The Morgan fingerprint density at radius 1 is 1.35 bits per heavy atom. The predicted octanol–water partition coefficient (Wildman–Crippen LogP) is 4.28. The molecule has 1 saturated heterocycles. The molecule has 0 aromatic rings. The molecule has 1 fully saturated rings. The number of nitrogens with one attached hydrogen (secondary N) is 1. The molecule has 1 rings (SSSR count). The predicted molar refractivity (Wildman–Crippen MR) is 84.5 cm³/mol. The molecule has 0 saturated carbocycles. The first-order valence-electron chi connectivity index (χ1n) is 6.75. The molecule has 0 aromatic heterocycles. The van der Waals surface area contributed by atoms with E-state index in [1.165, 1.54) is 0 Å². The number of hydrogen-bond donors (Lipinski definition) is 1. The highest BCUT2D eigenvalue weighted by Gasteiger charge is 2.38. The van der Waals surface area contributed by atoms with Gasteiger partial charge < -0.3 is 10.2 Å². The third-order valence-electron chi connectivity index (χ3n) is 3.87. The number of rotatable bonds is 5. The van der Waals surface area contributed by atoms with Gasteiger partial charge in [-0.15, -0.1) is 0 Å². The fraction of sp³-hybridized carbons (Fsp3) is 0.412. The highest BCUT2D eigenvalue weighted by atomic mass is 19.1. The topological polar surface area (TPSA) is 15.3 Å². The fourth-order valence-electron chi connectivity index (χ4n) is 2.17. The van der Waals surface area contributed by atoms with Crippen molar-refractivity contribution in [2.75, 3.05) is 13.6 Å². The minimum atomic E-state index is -0.496. The van der Waals surface area contributed by atoms with E-state index < -0.39 is 5.83 Å². The molecule has 0 spiro atoms. The number of likely N-dealkylation sites (tertiary alicyclic amines) is 1. The maximum absolute atomic E-state index is 13.5. The van der Waals surface area contributed by atoms with Crippen molar-refractivity contribution in [2.24, 2.45) is 5.41 Å². The Morgan fingerprint density at radius 2 is 1.95 bits per heavy atom. The number of nitrogens with zero attached hydrogens (tertiary/aromatic N) is 1. The van der Waals surface area contributed by atoms with Gasteiger partial charge in [0.2, 0.25) is 0 Å².